The highest BCUT2D eigenvalue weighted by atomic mass is 16.5. The number of carboxylic acids is 1. The van der Waals surface area contributed by atoms with Crippen molar-refractivity contribution in [1.82, 2.24) is 5.32 Å². The summed E-state index contributed by atoms with van der Waals surface area (Å²) in [6, 6.07) is -1.38. The van der Waals surface area contributed by atoms with Crippen molar-refractivity contribution < 1.29 is 29.0 Å². The Morgan fingerprint density at radius 2 is 1.88 bits per heavy atom. The molecule has 1 atom stereocenters. The fraction of sp³-hybridized carbons (Fsp3) is 0.556. The Bertz CT molecular complexity index is 327. The quantitative estimate of drug-likeness (QED) is 0.462. The molecule has 0 bridgehead atoms. The summed E-state index contributed by atoms with van der Waals surface area (Å²) in [5, 5.41) is 10.8. The summed E-state index contributed by atoms with van der Waals surface area (Å²) in [4.78, 5) is 43.1. The molecule has 0 aromatic rings. The predicted molar refractivity (Wildman–Crippen MR) is 54.6 cm³/mol. The number of methoxy groups -OCH3 is 1. The second kappa shape index (κ2) is 7.20. The van der Waals surface area contributed by atoms with Gasteiger partial charge in [-0.15, -0.1) is 0 Å². The van der Waals surface area contributed by atoms with Crippen molar-refractivity contribution >= 4 is 23.8 Å². The average Bonchev–Trinajstić information content (AvgIpc) is 2.24. The van der Waals surface area contributed by atoms with E-state index in [9.17, 15) is 19.2 Å². The number of amides is 2. The number of carboxylic acid groups (broad SMARTS) is 1. The Labute approximate surface area is 97.1 Å². The zero-order chi connectivity index (χ0) is 13.4. The summed E-state index contributed by atoms with van der Waals surface area (Å²) in [6.45, 7) is 0. The maximum absolute atomic E-state index is 11.2. The van der Waals surface area contributed by atoms with Crippen LogP contribution < -0.4 is 11.1 Å². The van der Waals surface area contributed by atoms with Gasteiger partial charge in [0.25, 0.3) is 0 Å². The van der Waals surface area contributed by atoms with Crippen molar-refractivity contribution in [3.8, 4) is 0 Å². The Kier molecular flexibility index (Phi) is 6.30. The van der Waals surface area contributed by atoms with Crippen molar-refractivity contribution in [1.29, 1.82) is 0 Å². The Hall–Kier alpha value is -2.12. The number of nitrogens with one attached hydrogen (secondary N) is 1. The van der Waals surface area contributed by atoms with Crippen LogP contribution in [0.4, 0.5) is 0 Å². The monoisotopic (exact) mass is 246 g/mol. The first-order valence-corrected chi connectivity index (χ1v) is 4.74. The molecule has 8 nitrogen and oxygen atoms in total. The third kappa shape index (κ3) is 6.88. The first-order valence-electron chi connectivity index (χ1n) is 4.74. The number of primary amides is 1. The van der Waals surface area contributed by atoms with Gasteiger partial charge in [-0.3, -0.25) is 14.4 Å². The van der Waals surface area contributed by atoms with Gasteiger partial charge in [0.15, 0.2) is 0 Å². The number of rotatable bonds is 7. The number of aliphatic carboxylic acids is 1. The second-order valence-electron chi connectivity index (χ2n) is 3.20. The topological polar surface area (TPSA) is 136 Å². The van der Waals surface area contributed by atoms with Gasteiger partial charge >= 0.3 is 11.9 Å². The number of hydrogen-bond acceptors (Lipinski definition) is 5. The molecule has 96 valence electrons. The van der Waals surface area contributed by atoms with Gasteiger partial charge in [0.2, 0.25) is 11.8 Å². The maximum atomic E-state index is 11.2. The molecular formula is C9H14N2O6. The van der Waals surface area contributed by atoms with Crippen LogP contribution in [-0.4, -0.2) is 42.0 Å². The van der Waals surface area contributed by atoms with E-state index in [0.717, 1.165) is 0 Å². The van der Waals surface area contributed by atoms with Crippen molar-refractivity contribution in [2.75, 3.05) is 7.11 Å². The van der Waals surface area contributed by atoms with Gasteiger partial charge in [0.1, 0.15) is 6.04 Å². The summed E-state index contributed by atoms with van der Waals surface area (Å²) in [5.74, 6) is -3.45. The first-order chi connectivity index (χ1) is 7.86. The molecule has 0 aliphatic carbocycles. The van der Waals surface area contributed by atoms with Gasteiger partial charge in [-0.25, -0.2) is 4.79 Å². The molecule has 0 aromatic carbocycles. The Balaban J connectivity index is 4.17. The normalized spacial score (nSPS) is 11.4. The maximum Gasteiger partial charge on any atom is 0.326 e. The van der Waals surface area contributed by atoms with Crippen molar-refractivity contribution in [3.05, 3.63) is 0 Å². The highest BCUT2D eigenvalue weighted by molar-refractivity contribution is 5.89. The molecule has 0 aliphatic heterocycles. The second-order valence-corrected chi connectivity index (χ2v) is 3.20. The lowest BCUT2D eigenvalue weighted by molar-refractivity contribution is -0.144. The summed E-state index contributed by atoms with van der Waals surface area (Å²) >= 11 is 0. The van der Waals surface area contributed by atoms with Gasteiger partial charge in [-0.05, 0) is 0 Å². The Morgan fingerprint density at radius 1 is 1.29 bits per heavy atom. The molecule has 8 heteroatoms. The minimum Gasteiger partial charge on any atom is -0.480 e. The van der Waals surface area contributed by atoms with E-state index in [1.807, 2.05) is 0 Å². The van der Waals surface area contributed by atoms with E-state index in [1.54, 1.807) is 0 Å². The van der Waals surface area contributed by atoms with Crippen LogP contribution in [0.25, 0.3) is 0 Å². The van der Waals surface area contributed by atoms with E-state index in [-0.39, 0.29) is 12.8 Å². The minimum atomic E-state index is -1.38. The number of carbonyl (C=O) groups is 4. The summed E-state index contributed by atoms with van der Waals surface area (Å²) in [5.41, 5.74) is 4.82. The lowest BCUT2D eigenvalue weighted by atomic mass is 10.2. The summed E-state index contributed by atoms with van der Waals surface area (Å²) < 4.78 is 4.31. The van der Waals surface area contributed by atoms with Crippen molar-refractivity contribution in [2.24, 2.45) is 5.73 Å². The van der Waals surface area contributed by atoms with E-state index < -0.39 is 36.2 Å². The molecule has 2 amide bonds. The van der Waals surface area contributed by atoms with Crippen molar-refractivity contribution in [2.45, 2.75) is 25.3 Å². The number of esters is 1. The van der Waals surface area contributed by atoms with Gasteiger partial charge in [0.05, 0.1) is 20.0 Å². The number of hydrogen-bond donors (Lipinski definition) is 3. The summed E-state index contributed by atoms with van der Waals surface area (Å²) in [6.07, 6.45) is -0.875. The molecule has 0 heterocycles. The third-order valence-corrected chi connectivity index (χ3v) is 1.82. The van der Waals surface area contributed by atoms with E-state index in [0.29, 0.717) is 0 Å². The standard InChI is InChI=1S/C9H14N2O6/c1-17-8(14)3-2-7(13)11-5(9(15)16)4-6(10)12/h5H,2-4H2,1H3,(H2,10,12)(H,11,13)(H,15,16). The number of nitrogens with two attached hydrogens (primary N) is 1. The highest BCUT2D eigenvalue weighted by Crippen LogP contribution is 1.96. The number of carbonyl (C=O) groups excluding carboxylic acids is 3. The molecule has 0 saturated heterocycles. The van der Waals surface area contributed by atoms with Crippen LogP contribution in [0.5, 0.6) is 0 Å². The average molecular weight is 246 g/mol. The van der Waals surface area contributed by atoms with Gasteiger partial charge in [-0.2, -0.15) is 0 Å². The van der Waals surface area contributed by atoms with Crippen LogP contribution in [-0.2, 0) is 23.9 Å². The molecule has 0 rings (SSSR count). The van der Waals surface area contributed by atoms with E-state index in [1.165, 1.54) is 7.11 Å². The van der Waals surface area contributed by atoms with Gasteiger partial charge in [-0.1, -0.05) is 0 Å². The first kappa shape index (κ1) is 14.9. The Morgan fingerprint density at radius 3 is 2.29 bits per heavy atom. The van der Waals surface area contributed by atoms with Crippen molar-refractivity contribution in [3.63, 3.8) is 0 Å². The van der Waals surface area contributed by atoms with Crippen LogP contribution >= 0.6 is 0 Å². The van der Waals surface area contributed by atoms with Crippen LogP contribution in [0.1, 0.15) is 19.3 Å². The van der Waals surface area contributed by atoms with Gasteiger partial charge < -0.3 is 20.9 Å². The third-order valence-electron chi connectivity index (χ3n) is 1.82. The van der Waals surface area contributed by atoms with Crippen LogP contribution in [0.15, 0.2) is 0 Å². The molecule has 1 unspecified atom stereocenters. The SMILES string of the molecule is COC(=O)CCC(=O)NC(CC(N)=O)C(=O)O. The molecule has 0 aliphatic rings. The molecule has 0 radical (unpaired) electrons. The predicted octanol–water partition coefficient (Wildman–Crippen LogP) is -1.62. The van der Waals surface area contributed by atoms with Gasteiger partial charge in [0, 0.05) is 6.42 Å². The lowest BCUT2D eigenvalue weighted by Crippen LogP contribution is -2.43. The zero-order valence-corrected chi connectivity index (χ0v) is 9.26. The summed E-state index contributed by atoms with van der Waals surface area (Å²) in [7, 11) is 1.17. The highest BCUT2D eigenvalue weighted by Gasteiger charge is 2.22. The molecule has 0 aromatic heterocycles. The molecule has 4 N–H and O–H groups in total. The minimum absolute atomic E-state index is 0.161. The molecular weight excluding hydrogens is 232 g/mol. The lowest BCUT2D eigenvalue weighted by Gasteiger charge is -2.12. The van der Waals surface area contributed by atoms with Crippen LogP contribution in [0.2, 0.25) is 0 Å². The van der Waals surface area contributed by atoms with E-state index in [4.69, 9.17) is 10.8 Å². The van der Waals surface area contributed by atoms with Crippen LogP contribution in [0.3, 0.4) is 0 Å². The van der Waals surface area contributed by atoms with E-state index >= 15 is 0 Å². The molecule has 0 spiro atoms. The molecule has 0 fully saturated rings. The fourth-order valence-corrected chi connectivity index (χ4v) is 0.985. The zero-order valence-electron chi connectivity index (χ0n) is 9.26. The molecule has 17 heavy (non-hydrogen) atoms. The fourth-order valence-electron chi connectivity index (χ4n) is 0.985. The largest absolute Gasteiger partial charge is 0.480 e. The van der Waals surface area contributed by atoms with E-state index in [2.05, 4.69) is 10.1 Å². The smallest absolute Gasteiger partial charge is 0.326 e. The van der Waals surface area contributed by atoms with Crippen LogP contribution in [0, 0.1) is 0 Å². The number of ether oxygens (including phenoxy) is 1. The molecule has 0 saturated carbocycles.